The number of benzene rings is 2. The zero-order valence-corrected chi connectivity index (χ0v) is 14.0. The summed E-state index contributed by atoms with van der Waals surface area (Å²) in [7, 11) is 0. The molecule has 0 aliphatic carbocycles. The van der Waals surface area contributed by atoms with Gasteiger partial charge in [-0.3, -0.25) is 0 Å². The van der Waals surface area contributed by atoms with Crippen molar-refractivity contribution in [1.29, 1.82) is 0 Å². The van der Waals surface area contributed by atoms with Crippen LogP contribution in [0.1, 0.15) is 16.7 Å². The zero-order chi connectivity index (χ0) is 18.6. The number of hydrogen-bond donors (Lipinski definition) is 1. The Hall–Kier alpha value is -3.02. The number of halogens is 3. The highest BCUT2D eigenvalue weighted by atomic mass is 19.4. The van der Waals surface area contributed by atoms with Crippen molar-refractivity contribution in [3.05, 3.63) is 83.6 Å². The van der Waals surface area contributed by atoms with Crippen LogP contribution in [0, 0.1) is 6.92 Å². The summed E-state index contributed by atoms with van der Waals surface area (Å²) >= 11 is 0. The topological polar surface area (TPSA) is 34.2 Å². The fourth-order valence-electron chi connectivity index (χ4n) is 2.48. The zero-order valence-electron chi connectivity index (χ0n) is 14.0. The summed E-state index contributed by atoms with van der Waals surface area (Å²) in [6.07, 6.45) is -3.26. The molecule has 0 saturated heterocycles. The van der Waals surface area contributed by atoms with E-state index in [1.165, 1.54) is 6.92 Å². The van der Waals surface area contributed by atoms with E-state index in [0.29, 0.717) is 18.0 Å². The molecule has 0 saturated carbocycles. The first-order valence-corrected chi connectivity index (χ1v) is 8.00. The lowest BCUT2D eigenvalue weighted by Crippen LogP contribution is -2.10. The second-order valence-electron chi connectivity index (χ2n) is 5.75. The summed E-state index contributed by atoms with van der Waals surface area (Å²) in [5, 5.41) is 2.92. The van der Waals surface area contributed by atoms with Gasteiger partial charge in [0.05, 0.1) is 5.56 Å². The third-order valence-corrected chi connectivity index (χ3v) is 3.87. The van der Waals surface area contributed by atoms with Crippen LogP contribution in [0.5, 0.6) is 5.75 Å². The van der Waals surface area contributed by atoms with Crippen LogP contribution in [0.3, 0.4) is 0 Å². The number of pyridine rings is 1. The summed E-state index contributed by atoms with van der Waals surface area (Å²) < 4.78 is 44.6. The van der Waals surface area contributed by atoms with E-state index in [4.69, 9.17) is 4.74 Å². The first kappa shape index (κ1) is 17.8. The molecule has 0 aliphatic heterocycles. The van der Waals surface area contributed by atoms with Crippen molar-refractivity contribution in [2.24, 2.45) is 0 Å². The number of nitrogens with zero attached hydrogens (tertiary/aromatic N) is 1. The predicted molar refractivity (Wildman–Crippen MR) is 94.5 cm³/mol. The van der Waals surface area contributed by atoms with Crippen molar-refractivity contribution in [1.82, 2.24) is 4.98 Å². The lowest BCUT2D eigenvalue weighted by atomic mass is 10.1. The largest absolute Gasteiger partial charge is 0.489 e. The molecule has 0 atom stereocenters. The van der Waals surface area contributed by atoms with Crippen LogP contribution in [0.15, 0.2) is 66.9 Å². The van der Waals surface area contributed by atoms with Crippen molar-refractivity contribution >= 4 is 11.5 Å². The smallest absolute Gasteiger partial charge is 0.416 e. The molecule has 3 rings (SSSR count). The van der Waals surface area contributed by atoms with Crippen molar-refractivity contribution in [2.45, 2.75) is 19.7 Å². The molecule has 6 heteroatoms. The van der Waals surface area contributed by atoms with Crippen LogP contribution in [0.25, 0.3) is 0 Å². The number of nitrogens with one attached hydrogen (secondary N) is 1. The van der Waals surface area contributed by atoms with Gasteiger partial charge in [0.15, 0.2) is 0 Å². The monoisotopic (exact) mass is 358 g/mol. The number of aromatic nitrogens is 1. The highest BCUT2D eigenvalue weighted by Crippen LogP contribution is 2.34. The third kappa shape index (κ3) is 4.33. The molecule has 0 bridgehead atoms. The average Bonchev–Trinajstić information content (AvgIpc) is 2.63. The second-order valence-corrected chi connectivity index (χ2v) is 5.75. The average molecular weight is 358 g/mol. The van der Waals surface area contributed by atoms with Gasteiger partial charge in [0.2, 0.25) is 0 Å². The quantitative estimate of drug-likeness (QED) is 0.632. The Bertz CT molecular complexity index is 862. The summed E-state index contributed by atoms with van der Waals surface area (Å²) in [6, 6.07) is 17.7. The Kier molecular flexibility index (Phi) is 5.11. The Labute approximate surface area is 149 Å². The minimum Gasteiger partial charge on any atom is -0.489 e. The van der Waals surface area contributed by atoms with Gasteiger partial charge in [-0.15, -0.1) is 0 Å². The van der Waals surface area contributed by atoms with E-state index in [9.17, 15) is 13.2 Å². The predicted octanol–water partition coefficient (Wildman–Crippen LogP) is 5.73. The van der Waals surface area contributed by atoms with E-state index in [0.717, 1.165) is 17.8 Å². The van der Waals surface area contributed by atoms with Gasteiger partial charge in [-0.1, -0.05) is 30.3 Å². The summed E-state index contributed by atoms with van der Waals surface area (Å²) in [4.78, 5) is 4.00. The Morgan fingerprint density at radius 3 is 2.31 bits per heavy atom. The summed E-state index contributed by atoms with van der Waals surface area (Å²) in [5.74, 6) is 0.853. The molecular formula is C20H17F3N2O. The molecule has 0 fully saturated rings. The number of alkyl halides is 3. The van der Waals surface area contributed by atoms with Gasteiger partial charge < -0.3 is 10.1 Å². The molecular weight excluding hydrogens is 341 g/mol. The fourth-order valence-corrected chi connectivity index (χ4v) is 2.48. The maximum Gasteiger partial charge on any atom is 0.416 e. The van der Waals surface area contributed by atoms with Crippen molar-refractivity contribution in [2.75, 3.05) is 5.32 Å². The number of rotatable bonds is 5. The minimum atomic E-state index is -4.40. The molecule has 26 heavy (non-hydrogen) atoms. The first-order chi connectivity index (χ1) is 12.4. The van der Waals surface area contributed by atoms with Gasteiger partial charge in [0.1, 0.15) is 18.2 Å². The highest BCUT2D eigenvalue weighted by molar-refractivity contribution is 5.61. The van der Waals surface area contributed by atoms with Gasteiger partial charge in [-0.25, -0.2) is 4.98 Å². The van der Waals surface area contributed by atoms with Crippen molar-refractivity contribution < 1.29 is 17.9 Å². The van der Waals surface area contributed by atoms with Gasteiger partial charge >= 0.3 is 6.18 Å². The Balaban J connectivity index is 1.68. The SMILES string of the molecule is Cc1c(C(F)(F)F)ccnc1Nc1ccc(OCc2ccccc2)cc1. The molecule has 1 heterocycles. The number of hydrogen-bond acceptors (Lipinski definition) is 3. The Morgan fingerprint density at radius 1 is 0.962 bits per heavy atom. The molecule has 134 valence electrons. The highest BCUT2D eigenvalue weighted by Gasteiger charge is 2.33. The van der Waals surface area contributed by atoms with Gasteiger partial charge in [-0.05, 0) is 42.8 Å². The number of ether oxygens (including phenoxy) is 1. The molecule has 3 nitrogen and oxygen atoms in total. The molecule has 3 aromatic rings. The van der Waals surface area contributed by atoms with Crippen LogP contribution >= 0.6 is 0 Å². The maximum atomic E-state index is 13.0. The molecule has 0 unspecified atom stereocenters. The van der Waals surface area contributed by atoms with E-state index in [-0.39, 0.29) is 11.4 Å². The molecule has 0 spiro atoms. The van der Waals surface area contributed by atoms with Gasteiger partial charge in [-0.2, -0.15) is 13.2 Å². The molecule has 1 aromatic heterocycles. The molecule has 0 amide bonds. The summed E-state index contributed by atoms with van der Waals surface area (Å²) in [6.45, 7) is 1.84. The minimum absolute atomic E-state index is 0.0596. The fraction of sp³-hybridized carbons (Fsp3) is 0.150. The molecule has 0 radical (unpaired) electrons. The Morgan fingerprint density at radius 2 is 1.65 bits per heavy atom. The maximum absolute atomic E-state index is 13.0. The summed E-state index contributed by atoms with van der Waals surface area (Å²) in [5.41, 5.74) is 1.05. The van der Waals surface area contributed by atoms with E-state index in [1.54, 1.807) is 24.3 Å². The standard InChI is InChI=1S/C20H17F3N2O/c1-14-18(20(21,22)23)11-12-24-19(14)25-16-7-9-17(10-8-16)26-13-15-5-3-2-4-6-15/h2-12H,13H2,1H3,(H,24,25). The second kappa shape index (κ2) is 7.47. The van der Waals surface area contributed by atoms with Gasteiger partial charge in [0, 0.05) is 17.4 Å². The normalized spacial score (nSPS) is 11.2. The van der Waals surface area contributed by atoms with E-state index < -0.39 is 11.7 Å². The van der Waals surface area contributed by atoms with Crippen LogP contribution in [0.2, 0.25) is 0 Å². The van der Waals surface area contributed by atoms with Gasteiger partial charge in [0.25, 0.3) is 0 Å². The van der Waals surface area contributed by atoms with Crippen LogP contribution < -0.4 is 10.1 Å². The van der Waals surface area contributed by atoms with E-state index in [1.807, 2.05) is 30.3 Å². The van der Waals surface area contributed by atoms with Crippen LogP contribution in [-0.4, -0.2) is 4.98 Å². The first-order valence-electron chi connectivity index (χ1n) is 8.00. The molecule has 2 aromatic carbocycles. The lowest BCUT2D eigenvalue weighted by Gasteiger charge is -2.14. The number of anilines is 2. The molecule has 1 N–H and O–H groups in total. The van der Waals surface area contributed by atoms with Crippen LogP contribution in [-0.2, 0) is 12.8 Å². The molecule has 0 aliphatic rings. The van der Waals surface area contributed by atoms with Crippen molar-refractivity contribution in [3.63, 3.8) is 0 Å². The van der Waals surface area contributed by atoms with E-state index >= 15 is 0 Å². The van der Waals surface area contributed by atoms with E-state index in [2.05, 4.69) is 10.3 Å². The lowest BCUT2D eigenvalue weighted by molar-refractivity contribution is -0.138. The third-order valence-electron chi connectivity index (χ3n) is 3.87. The van der Waals surface area contributed by atoms with Crippen LogP contribution in [0.4, 0.5) is 24.7 Å². The van der Waals surface area contributed by atoms with Crippen molar-refractivity contribution in [3.8, 4) is 5.75 Å².